The van der Waals surface area contributed by atoms with Crippen LogP contribution in [0.25, 0.3) is 0 Å². The quantitative estimate of drug-likeness (QED) is 0.795. The Kier molecular flexibility index (Phi) is 5.11. The Morgan fingerprint density at radius 3 is 2.90 bits per heavy atom. The summed E-state index contributed by atoms with van der Waals surface area (Å²) in [6.45, 7) is 4.54. The minimum Gasteiger partial charge on any atom is -0.494 e. The van der Waals surface area contributed by atoms with E-state index in [9.17, 15) is 4.79 Å². The average Bonchev–Trinajstić information content (AvgIpc) is 2.87. The fourth-order valence-electron chi connectivity index (χ4n) is 2.11. The van der Waals surface area contributed by atoms with Crippen molar-refractivity contribution in [2.24, 2.45) is 0 Å². The number of carbonyl (C=O) groups is 1. The number of hydrogen-bond acceptors (Lipinski definition) is 6. The summed E-state index contributed by atoms with van der Waals surface area (Å²) < 4.78 is 10.7. The molecule has 0 radical (unpaired) electrons. The van der Waals surface area contributed by atoms with E-state index in [0.717, 1.165) is 13.0 Å². The molecule has 1 unspecified atom stereocenters. The molecule has 1 saturated heterocycles. The molecule has 7 nitrogen and oxygen atoms in total. The molecule has 1 N–H and O–H groups in total. The van der Waals surface area contributed by atoms with Gasteiger partial charge in [0, 0.05) is 19.6 Å². The molecule has 1 aromatic heterocycles. The lowest BCUT2D eigenvalue weighted by Gasteiger charge is -2.15. The highest BCUT2D eigenvalue weighted by molar-refractivity contribution is 5.77. The second-order valence-corrected chi connectivity index (χ2v) is 4.62. The number of likely N-dealkylation sites (N-methyl/N-ethyl adjacent to an activating group) is 1. The van der Waals surface area contributed by atoms with E-state index in [2.05, 4.69) is 20.2 Å². The van der Waals surface area contributed by atoms with Gasteiger partial charge in [-0.25, -0.2) is 0 Å². The van der Waals surface area contributed by atoms with Gasteiger partial charge in [-0.05, 0) is 13.3 Å². The number of ether oxygens (including phenoxy) is 2. The first-order valence-corrected chi connectivity index (χ1v) is 6.73. The Morgan fingerprint density at radius 1 is 1.50 bits per heavy atom. The standard InChI is InChI=1S/C13H20N4O3/c1-3-14-12(18)9-17-5-4-10(8-17)20-13-15-6-11(19-2)7-16-13/h6-7,10H,3-5,8-9H2,1-2H3,(H,14,18). The summed E-state index contributed by atoms with van der Waals surface area (Å²) in [6.07, 6.45) is 4.04. The van der Waals surface area contributed by atoms with Crippen LogP contribution in [0.2, 0.25) is 0 Å². The second kappa shape index (κ2) is 7.04. The van der Waals surface area contributed by atoms with Gasteiger partial charge in [0.2, 0.25) is 5.91 Å². The van der Waals surface area contributed by atoms with Crippen molar-refractivity contribution in [1.29, 1.82) is 0 Å². The Hall–Kier alpha value is -1.89. The SMILES string of the molecule is CCNC(=O)CN1CCC(Oc2ncc(OC)cn2)C1. The smallest absolute Gasteiger partial charge is 0.316 e. The van der Waals surface area contributed by atoms with Crippen LogP contribution in [0, 0.1) is 0 Å². The van der Waals surface area contributed by atoms with Gasteiger partial charge in [-0.3, -0.25) is 9.69 Å². The number of carbonyl (C=O) groups excluding carboxylic acids is 1. The lowest BCUT2D eigenvalue weighted by Crippen LogP contribution is -2.36. The van der Waals surface area contributed by atoms with Crippen molar-refractivity contribution in [3.8, 4) is 11.8 Å². The monoisotopic (exact) mass is 280 g/mol. The van der Waals surface area contributed by atoms with Gasteiger partial charge in [0.1, 0.15) is 6.10 Å². The van der Waals surface area contributed by atoms with Crippen molar-refractivity contribution in [2.75, 3.05) is 33.3 Å². The van der Waals surface area contributed by atoms with Gasteiger partial charge in [0.25, 0.3) is 0 Å². The van der Waals surface area contributed by atoms with Crippen LogP contribution in [0.4, 0.5) is 0 Å². The highest BCUT2D eigenvalue weighted by Gasteiger charge is 2.25. The zero-order valence-electron chi connectivity index (χ0n) is 11.8. The normalized spacial score (nSPS) is 18.8. The summed E-state index contributed by atoms with van der Waals surface area (Å²) in [5.41, 5.74) is 0. The summed E-state index contributed by atoms with van der Waals surface area (Å²) in [6, 6.07) is 0.343. The number of aromatic nitrogens is 2. The van der Waals surface area contributed by atoms with Crippen LogP contribution < -0.4 is 14.8 Å². The number of amides is 1. The van der Waals surface area contributed by atoms with Gasteiger partial charge in [-0.2, -0.15) is 9.97 Å². The van der Waals surface area contributed by atoms with E-state index in [1.807, 2.05) is 6.92 Å². The predicted octanol–water partition coefficient (Wildman–Crippen LogP) is 0.0744. The van der Waals surface area contributed by atoms with Gasteiger partial charge in [0.05, 0.1) is 26.0 Å². The summed E-state index contributed by atoms with van der Waals surface area (Å²) in [4.78, 5) is 21.7. The first-order chi connectivity index (χ1) is 9.71. The average molecular weight is 280 g/mol. The van der Waals surface area contributed by atoms with Crippen molar-refractivity contribution in [1.82, 2.24) is 20.2 Å². The summed E-state index contributed by atoms with van der Waals surface area (Å²) >= 11 is 0. The second-order valence-electron chi connectivity index (χ2n) is 4.62. The van der Waals surface area contributed by atoms with Crippen LogP contribution in [0.1, 0.15) is 13.3 Å². The van der Waals surface area contributed by atoms with Crippen molar-refractivity contribution >= 4 is 5.91 Å². The van der Waals surface area contributed by atoms with Crippen LogP contribution in [-0.4, -0.2) is 60.2 Å². The Labute approximate surface area is 118 Å². The number of likely N-dealkylation sites (tertiary alicyclic amines) is 1. The number of nitrogens with one attached hydrogen (secondary N) is 1. The maximum atomic E-state index is 11.5. The summed E-state index contributed by atoms with van der Waals surface area (Å²) in [7, 11) is 1.56. The van der Waals surface area contributed by atoms with E-state index in [1.165, 1.54) is 0 Å². The molecule has 2 heterocycles. The Bertz CT molecular complexity index is 438. The highest BCUT2D eigenvalue weighted by atomic mass is 16.5. The van der Waals surface area contributed by atoms with E-state index in [4.69, 9.17) is 9.47 Å². The van der Waals surface area contributed by atoms with Gasteiger partial charge in [-0.1, -0.05) is 0 Å². The molecule has 1 aromatic rings. The van der Waals surface area contributed by atoms with Crippen LogP contribution in [0.3, 0.4) is 0 Å². The molecule has 2 rings (SSSR count). The van der Waals surface area contributed by atoms with Crippen molar-refractivity contribution < 1.29 is 14.3 Å². The maximum Gasteiger partial charge on any atom is 0.316 e. The molecule has 0 aliphatic carbocycles. The van der Waals surface area contributed by atoms with Crippen LogP contribution in [-0.2, 0) is 4.79 Å². The molecule has 0 bridgehead atoms. The van der Waals surface area contributed by atoms with Crippen LogP contribution in [0.5, 0.6) is 11.8 Å². The Balaban J connectivity index is 1.79. The molecular formula is C13H20N4O3. The molecule has 0 aromatic carbocycles. The lowest BCUT2D eigenvalue weighted by molar-refractivity contribution is -0.121. The largest absolute Gasteiger partial charge is 0.494 e. The predicted molar refractivity (Wildman–Crippen MR) is 72.7 cm³/mol. The number of hydrogen-bond donors (Lipinski definition) is 1. The highest BCUT2D eigenvalue weighted by Crippen LogP contribution is 2.16. The van der Waals surface area contributed by atoms with E-state index in [0.29, 0.717) is 31.4 Å². The number of methoxy groups -OCH3 is 1. The zero-order valence-corrected chi connectivity index (χ0v) is 11.8. The van der Waals surface area contributed by atoms with Crippen molar-refractivity contribution in [3.63, 3.8) is 0 Å². The van der Waals surface area contributed by atoms with Crippen molar-refractivity contribution in [2.45, 2.75) is 19.4 Å². The molecular weight excluding hydrogens is 260 g/mol. The summed E-state index contributed by atoms with van der Waals surface area (Å²) in [5, 5.41) is 2.79. The maximum absolute atomic E-state index is 11.5. The minimum absolute atomic E-state index is 0.0258. The molecule has 1 atom stereocenters. The van der Waals surface area contributed by atoms with Gasteiger partial charge < -0.3 is 14.8 Å². The molecule has 20 heavy (non-hydrogen) atoms. The topological polar surface area (TPSA) is 76.6 Å². The fourth-order valence-corrected chi connectivity index (χ4v) is 2.11. The van der Waals surface area contributed by atoms with E-state index in [-0.39, 0.29) is 12.0 Å². The van der Waals surface area contributed by atoms with Gasteiger partial charge in [0.15, 0.2) is 5.75 Å². The molecule has 1 fully saturated rings. The van der Waals surface area contributed by atoms with E-state index in [1.54, 1.807) is 19.5 Å². The van der Waals surface area contributed by atoms with Crippen LogP contribution >= 0.6 is 0 Å². The number of nitrogens with zero attached hydrogens (tertiary/aromatic N) is 3. The fraction of sp³-hybridized carbons (Fsp3) is 0.615. The molecule has 110 valence electrons. The van der Waals surface area contributed by atoms with Gasteiger partial charge in [-0.15, -0.1) is 0 Å². The molecule has 1 amide bonds. The zero-order chi connectivity index (χ0) is 14.4. The van der Waals surface area contributed by atoms with E-state index < -0.39 is 0 Å². The van der Waals surface area contributed by atoms with Crippen LogP contribution in [0.15, 0.2) is 12.4 Å². The third-order valence-corrected chi connectivity index (χ3v) is 3.08. The van der Waals surface area contributed by atoms with Crippen molar-refractivity contribution in [3.05, 3.63) is 12.4 Å². The van der Waals surface area contributed by atoms with E-state index >= 15 is 0 Å². The molecule has 0 saturated carbocycles. The molecule has 1 aliphatic rings. The minimum atomic E-state index is 0.0258. The first kappa shape index (κ1) is 14.5. The number of rotatable bonds is 6. The Morgan fingerprint density at radius 2 is 2.25 bits per heavy atom. The first-order valence-electron chi connectivity index (χ1n) is 6.73. The van der Waals surface area contributed by atoms with Gasteiger partial charge >= 0.3 is 6.01 Å². The third-order valence-electron chi connectivity index (χ3n) is 3.08. The molecule has 1 aliphatic heterocycles. The lowest BCUT2D eigenvalue weighted by atomic mass is 10.3. The molecule has 7 heteroatoms. The molecule has 0 spiro atoms. The third kappa shape index (κ3) is 4.06. The summed E-state index contributed by atoms with van der Waals surface area (Å²) in [5.74, 6) is 0.649.